The second-order valence-electron chi connectivity index (χ2n) is 8.79. The summed E-state index contributed by atoms with van der Waals surface area (Å²) in [5, 5.41) is 3.08. The summed E-state index contributed by atoms with van der Waals surface area (Å²) in [4.78, 5) is 12.8. The van der Waals surface area contributed by atoms with Crippen molar-refractivity contribution in [2.45, 2.75) is 19.2 Å². The van der Waals surface area contributed by atoms with Crippen LogP contribution in [0, 0.1) is 0 Å². The van der Waals surface area contributed by atoms with Gasteiger partial charge in [0.05, 0.1) is 30.4 Å². The molecule has 0 bridgehead atoms. The lowest BCUT2D eigenvalue weighted by Crippen LogP contribution is -2.31. The molecule has 2 aliphatic heterocycles. The van der Waals surface area contributed by atoms with Crippen LogP contribution in [0.5, 0.6) is 17.2 Å². The maximum absolute atomic E-state index is 6.12. The fourth-order valence-electron chi connectivity index (χ4n) is 4.66. The number of nitrogens with two attached hydrogens (primary N) is 1. The Hall–Kier alpha value is -4.73. The third-order valence-electron chi connectivity index (χ3n) is 6.35. The van der Waals surface area contributed by atoms with E-state index in [4.69, 9.17) is 24.9 Å². The van der Waals surface area contributed by atoms with E-state index < -0.39 is 0 Å². The Labute approximate surface area is 206 Å². The van der Waals surface area contributed by atoms with Crippen LogP contribution in [0.25, 0.3) is 16.7 Å². The van der Waals surface area contributed by atoms with Crippen LogP contribution in [0.2, 0.25) is 0 Å². The van der Waals surface area contributed by atoms with Crippen LogP contribution in [0.1, 0.15) is 23.8 Å². The third kappa shape index (κ3) is 3.54. The van der Waals surface area contributed by atoms with E-state index in [1.807, 2.05) is 76.0 Å². The van der Waals surface area contributed by atoms with Crippen LogP contribution < -0.4 is 29.7 Å². The van der Waals surface area contributed by atoms with Crippen LogP contribution in [0.3, 0.4) is 0 Å². The first-order chi connectivity index (χ1) is 17.7. The zero-order valence-corrected chi connectivity index (χ0v) is 19.3. The molecule has 7 rings (SSSR count). The third-order valence-corrected chi connectivity index (χ3v) is 6.35. The highest BCUT2D eigenvalue weighted by molar-refractivity contribution is 5.95. The first kappa shape index (κ1) is 20.6. The number of imidazole rings is 2. The lowest BCUT2D eigenvalue weighted by atomic mass is 10.1. The summed E-state index contributed by atoms with van der Waals surface area (Å²) in [5.74, 6) is 3.12. The smallest absolute Gasteiger partial charge is 0.284 e. The predicted molar refractivity (Wildman–Crippen MR) is 133 cm³/mol. The Morgan fingerprint density at radius 2 is 1.92 bits per heavy atom. The number of nitrogens with one attached hydrogen (secondary N) is 2. The minimum absolute atomic E-state index is 0.313. The molecule has 1 atom stereocenters. The van der Waals surface area contributed by atoms with Crippen molar-refractivity contribution in [2.75, 3.05) is 18.5 Å². The highest BCUT2D eigenvalue weighted by Crippen LogP contribution is 2.39. The van der Waals surface area contributed by atoms with Crippen LogP contribution in [0.15, 0.2) is 72.0 Å². The molecule has 10 heteroatoms. The Morgan fingerprint density at radius 3 is 2.75 bits per heavy atom. The quantitative estimate of drug-likeness (QED) is 0.339. The van der Waals surface area contributed by atoms with Gasteiger partial charge in [-0.3, -0.25) is 9.88 Å². The highest BCUT2D eigenvalue weighted by atomic mass is 16.5. The molecule has 0 fully saturated rings. The van der Waals surface area contributed by atoms with Crippen molar-refractivity contribution < 1.29 is 18.6 Å². The normalized spacial score (nSPS) is 16.8. The number of guanidine groups is 1. The molecule has 0 saturated carbocycles. The topological polar surface area (TPSA) is 116 Å². The van der Waals surface area contributed by atoms with Gasteiger partial charge in [-0.15, -0.1) is 0 Å². The number of pyridine rings is 1. The largest absolute Gasteiger partial charge is 0.489 e. The fraction of sp³-hybridized carbons (Fsp3) is 0.192. The number of hydrogen-bond acceptors (Lipinski definition) is 7. The minimum Gasteiger partial charge on any atom is -0.489 e. The molecular formula is C26H24N7O3+. The summed E-state index contributed by atoms with van der Waals surface area (Å²) >= 11 is 0. The molecule has 3 aromatic heterocycles. The van der Waals surface area contributed by atoms with E-state index in [0.717, 1.165) is 40.1 Å². The fourth-order valence-corrected chi connectivity index (χ4v) is 4.66. The zero-order chi connectivity index (χ0) is 24.1. The van der Waals surface area contributed by atoms with Gasteiger partial charge in [-0.1, -0.05) is 18.2 Å². The molecule has 0 radical (unpaired) electrons. The lowest BCUT2D eigenvalue weighted by molar-refractivity contribution is -0.510. The van der Waals surface area contributed by atoms with E-state index in [-0.39, 0.29) is 6.17 Å². The van der Waals surface area contributed by atoms with Gasteiger partial charge in [-0.2, -0.15) is 0 Å². The second-order valence-corrected chi connectivity index (χ2v) is 8.79. The molecule has 0 spiro atoms. The van der Waals surface area contributed by atoms with Crippen LogP contribution in [-0.4, -0.2) is 33.7 Å². The van der Waals surface area contributed by atoms with Crippen molar-refractivity contribution in [1.29, 1.82) is 0 Å². The highest BCUT2D eigenvalue weighted by Gasteiger charge is 2.27. The van der Waals surface area contributed by atoms with E-state index in [9.17, 15) is 0 Å². The van der Waals surface area contributed by atoms with Crippen molar-refractivity contribution in [3.8, 4) is 17.2 Å². The van der Waals surface area contributed by atoms with Crippen molar-refractivity contribution in [3.05, 3.63) is 78.2 Å². The van der Waals surface area contributed by atoms with Gasteiger partial charge >= 0.3 is 0 Å². The monoisotopic (exact) mass is 482 g/mol. The van der Waals surface area contributed by atoms with Crippen molar-refractivity contribution in [3.63, 3.8) is 0 Å². The number of benzene rings is 2. The number of nitrogens with zero attached hydrogens (tertiary/aromatic N) is 4. The summed E-state index contributed by atoms with van der Waals surface area (Å²) in [7, 11) is 0. The summed E-state index contributed by atoms with van der Waals surface area (Å²) in [6, 6.07) is 17.8. The molecule has 0 aliphatic carbocycles. The number of H-pyrrole nitrogens is 1. The number of aliphatic imine (C=N–C) groups is 1. The second kappa shape index (κ2) is 8.19. The van der Waals surface area contributed by atoms with Gasteiger partial charge in [0.2, 0.25) is 5.95 Å². The maximum Gasteiger partial charge on any atom is 0.284 e. The van der Waals surface area contributed by atoms with Gasteiger partial charge in [0.25, 0.3) is 5.65 Å². The van der Waals surface area contributed by atoms with Gasteiger partial charge in [0.15, 0.2) is 35.9 Å². The molecule has 0 unspecified atom stereocenters. The van der Waals surface area contributed by atoms with E-state index in [2.05, 4.69) is 15.3 Å². The van der Waals surface area contributed by atoms with Crippen molar-refractivity contribution >= 4 is 28.6 Å². The first-order valence-electron chi connectivity index (χ1n) is 11.8. The molecule has 2 aromatic carbocycles. The molecule has 0 saturated heterocycles. The molecule has 5 heterocycles. The molecule has 4 N–H and O–H groups in total. The average Bonchev–Trinajstić information content (AvgIpc) is 3.38. The summed E-state index contributed by atoms with van der Waals surface area (Å²) < 4.78 is 21.8. The molecule has 0 amide bonds. The van der Waals surface area contributed by atoms with Gasteiger partial charge in [0, 0.05) is 24.6 Å². The summed E-state index contributed by atoms with van der Waals surface area (Å²) in [6.45, 7) is 1.67. The summed E-state index contributed by atoms with van der Waals surface area (Å²) in [5.41, 5.74) is 10.8. The van der Waals surface area contributed by atoms with E-state index in [1.165, 1.54) is 0 Å². The molecular weight excluding hydrogens is 458 g/mol. The SMILES string of the molecule is NC1=N[C@@H](c2ccc(OCc3c[n+]4ccccc4[nH]3)cc2)n2c(nc3cc4c(cc32)OCCCO4)N1. The first-order valence-corrected chi connectivity index (χ1v) is 11.8. The molecule has 5 aromatic rings. The lowest BCUT2D eigenvalue weighted by Gasteiger charge is -2.24. The van der Waals surface area contributed by atoms with Crippen LogP contribution in [-0.2, 0) is 6.61 Å². The van der Waals surface area contributed by atoms with Gasteiger partial charge in [-0.25, -0.2) is 19.4 Å². The zero-order valence-electron chi connectivity index (χ0n) is 19.3. The Kier molecular flexibility index (Phi) is 4.69. The molecule has 2 aliphatic rings. The van der Waals surface area contributed by atoms with E-state index >= 15 is 0 Å². The average molecular weight is 483 g/mol. The predicted octanol–water partition coefficient (Wildman–Crippen LogP) is 3.13. The number of hydrogen-bond donors (Lipinski definition) is 3. The standard InChI is InChI=1S/C26H23N7O3/c27-25-30-24(33-20-13-22-21(34-10-3-11-35-22)12-19(20)29-26(33)31-25)16-5-7-18(8-6-16)36-15-17-14-32-9-2-1-4-23(32)28-17/h1-2,4-9,12-14,24H,3,10-11,15H2,(H3,27,29,30,31)/p+1/t24-/m1/s1. The Morgan fingerprint density at radius 1 is 1.08 bits per heavy atom. The molecule has 36 heavy (non-hydrogen) atoms. The number of anilines is 1. The van der Waals surface area contributed by atoms with Gasteiger partial charge < -0.3 is 19.9 Å². The van der Waals surface area contributed by atoms with Gasteiger partial charge in [0.1, 0.15) is 11.9 Å². The maximum atomic E-state index is 6.12. The molecule has 10 nitrogen and oxygen atoms in total. The van der Waals surface area contributed by atoms with Gasteiger partial charge in [-0.05, 0) is 23.8 Å². The van der Waals surface area contributed by atoms with Crippen LogP contribution >= 0.6 is 0 Å². The van der Waals surface area contributed by atoms with Crippen molar-refractivity contribution in [1.82, 2.24) is 14.5 Å². The summed E-state index contributed by atoms with van der Waals surface area (Å²) in [6.07, 6.45) is 4.49. The molecule has 180 valence electrons. The van der Waals surface area contributed by atoms with Crippen LogP contribution in [0.4, 0.5) is 5.95 Å². The number of ether oxygens (including phenoxy) is 3. The minimum atomic E-state index is -0.379. The Balaban J connectivity index is 1.18. The van der Waals surface area contributed by atoms with E-state index in [1.54, 1.807) is 0 Å². The number of rotatable bonds is 4. The number of aromatic nitrogens is 4. The Bertz CT molecular complexity index is 1590. The van der Waals surface area contributed by atoms with E-state index in [0.29, 0.717) is 43.2 Å². The van der Waals surface area contributed by atoms with Crippen molar-refractivity contribution in [2.24, 2.45) is 10.7 Å². The number of aromatic amines is 1. The number of fused-ring (bicyclic) bond motifs is 5.